The second-order valence-electron chi connectivity index (χ2n) is 3.52. The summed E-state index contributed by atoms with van der Waals surface area (Å²) in [4.78, 5) is 11.5. The maximum Gasteiger partial charge on any atom is 0.345 e. The maximum absolute atomic E-state index is 11.5. The molecule has 0 bridgehead atoms. The zero-order chi connectivity index (χ0) is 10.6. The van der Waals surface area contributed by atoms with Gasteiger partial charge in [0.05, 0.1) is 6.54 Å². The van der Waals surface area contributed by atoms with Crippen LogP contribution in [-0.2, 0) is 13.6 Å². The average molecular weight is 262 g/mol. The third-order valence-electron chi connectivity index (χ3n) is 2.23. The zero-order valence-corrected chi connectivity index (χ0v) is 10.2. The van der Waals surface area contributed by atoms with Gasteiger partial charge in [0.15, 0.2) is 0 Å². The van der Waals surface area contributed by atoms with Crippen LogP contribution in [0.15, 0.2) is 11.1 Å². The fourth-order valence-corrected chi connectivity index (χ4v) is 1.94. The Kier molecular flexibility index (Phi) is 4.38. The van der Waals surface area contributed by atoms with E-state index in [1.165, 1.54) is 9.25 Å². The highest BCUT2D eigenvalue weighted by Gasteiger charge is 2.10. The van der Waals surface area contributed by atoms with Gasteiger partial charge in [0, 0.05) is 12.4 Å². The number of hydrogen-bond donors (Lipinski definition) is 0. The second-order valence-corrected chi connectivity index (χ2v) is 4.16. The highest BCUT2D eigenvalue weighted by Crippen LogP contribution is 2.10. The lowest BCUT2D eigenvalue weighted by molar-refractivity contribution is 0.418. The number of nitrogens with zero attached hydrogens (tertiary/aromatic N) is 3. The lowest BCUT2D eigenvalue weighted by Gasteiger charge is -2.11. The van der Waals surface area contributed by atoms with Gasteiger partial charge >= 0.3 is 5.69 Å². The van der Waals surface area contributed by atoms with E-state index in [9.17, 15) is 4.79 Å². The summed E-state index contributed by atoms with van der Waals surface area (Å²) in [5.74, 6) is 0.493. The summed E-state index contributed by atoms with van der Waals surface area (Å²) in [6, 6.07) is 0. The van der Waals surface area contributed by atoms with Crippen LogP contribution in [0.2, 0.25) is 0 Å². The van der Waals surface area contributed by atoms with E-state index in [-0.39, 0.29) is 5.69 Å². The van der Waals surface area contributed by atoms with Crippen molar-refractivity contribution in [2.75, 3.05) is 5.33 Å². The Labute approximate surface area is 92.1 Å². The van der Waals surface area contributed by atoms with E-state index in [0.717, 1.165) is 18.2 Å². The first kappa shape index (κ1) is 11.5. The fraction of sp³-hybridized carbons (Fsp3) is 0.778. The smallest absolute Gasteiger partial charge is 0.285 e. The Morgan fingerprint density at radius 3 is 2.79 bits per heavy atom. The van der Waals surface area contributed by atoms with Crippen LogP contribution in [0.1, 0.15) is 19.8 Å². The van der Waals surface area contributed by atoms with Crippen molar-refractivity contribution < 1.29 is 0 Å². The summed E-state index contributed by atoms with van der Waals surface area (Å²) in [6.45, 7) is 2.86. The summed E-state index contributed by atoms with van der Waals surface area (Å²) in [6.07, 6.45) is 3.81. The summed E-state index contributed by atoms with van der Waals surface area (Å²) < 4.78 is 3.03. The highest BCUT2D eigenvalue weighted by atomic mass is 79.9. The Balaban J connectivity index is 2.67. The van der Waals surface area contributed by atoms with E-state index < -0.39 is 0 Å². The molecule has 0 aliphatic heterocycles. The topological polar surface area (TPSA) is 39.8 Å². The zero-order valence-electron chi connectivity index (χ0n) is 8.61. The van der Waals surface area contributed by atoms with Crippen molar-refractivity contribution in [3.63, 3.8) is 0 Å². The minimum absolute atomic E-state index is 0.0351. The molecule has 1 atom stereocenters. The molecule has 0 fully saturated rings. The molecule has 0 N–H and O–H groups in total. The van der Waals surface area contributed by atoms with Crippen LogP contribution < -0.4 is 5.69 Å². The van der Waals surface area contributed by atoms with Crippen LogP contribution in [0.3, 0.4) is 0 Å². The molecule has 0 aliphatic rings. The third-order valence-corrected chi connectivity index (χ3v) is 3.15. The number of aromatic nitrogens is 3. The summed E-state index contributed by atoms with van der Waals surface area (Å²) in [5.41, 5.74) is -0.0351. The predicted molar refractivity (Wildman–Crippen MR) is 59.7 cm³/mol. The fourth-order valence-electron chi connectivity index (χ4n) is 1.42. The molecule has 0 radical (unpaired) electrons. The van der Waals surface area contributed by atoms with Gasteiger partial charge in [-0.15, -0.1) is 0 Å². The van der Waals surface area contributed by atoms with Gasteiger partial charge in [-0.05, 0) is 12.3 Å². The molecule has 1 unspecified atom stereocenters. The van der Waals surface area contributed by atoms with Crippen molar-refractivity contribution >= 4 is 15.9 Å². The van der Waals surface area contributed by atoms with Gasteiger partial charge in [-0.1, -0.05) is 29.3 Å². The SMILES string of the molecule is CCCC(CBr)Cn1ncn(C)c1=O. The van der Waals surface area contributed by atoms with E-state index in [1.807, 2.05) is 0 Å². The molecule has 14 heavy (non-hydrogen) atoms. The number of halogens is 1. The number of aryl methyl sites for hydroxylation is 1. The first-order valence-electron chi connectivity index (χ1n) is 4.83. The van der Waals surface area contributed by atoms with E-state index in [2.05, 4.69) is 28.0 Å². The van der Waals surface area contributed by atoms with Gasteiger partial charge < -0.3 is 0 Å². The van der Waals surface area contributed by atoms with Crippen LogP contribution in [0.5, 0.6) is 0 Å². The molecular formula is C9H16BrN3O. The van der Waals surface area contributed by atoms with Crippen molar-refractivity contribution in [2.45, 2.75) is 26.3 Å². The average Bonchev–Trinajstić information content (AvgIpc) is 2.49. The van der Waals surface area contributed by atoms with E-state index >= 15 is 0 Å². The molecule has 1 rings (SSSR count). The quantitative estimate of drug-likeness (QED) is 0.752. The summed E-state index contributed by atoms with van der Waals surface area (Å²) in [7, 11) is 1.72. The Hall–Kier alpha value is -0.580. The molecule has 0 aromatic carbocycles. The normalized spacial score (nSPS) is 13.1. The lowest BCUT2D eigenvalue weighted by atomic mass is 10.1. The molecule has 0 spiro atoms. The molecular weight excluding hydrogens is 246 g/mol. The number of alkyl halides is 1. The van der Waals surface area contributed by atoms with E-state index in [4.69, 9.17) is 0 Å². The maximum atomic E-state index is 11.5. The molecule has 1 aromatic rings. The van der Waals surface area contributed by atoms with Crippen molar-refractivity contribution in [1.29, 1.82) is 0 Å². The van der Waals surface area contributed by atoms with Gasteiger partial charge in [-0.25, -0.2) is 9.48 Å². The van der Waals surface area contributed by atoms with Crippen LogP contribution in [-0.4, -0.2) is 19.7 Å². The van der Waals surface area contributed by atoms with Gasteiger partial charge in [-0.3, -0.25) is 4.57 Å². The molecule has 0 amide bonds. The first-order chi connectivity index (χ1) is 6.69. The lowest BCUT2D eigenvalue weighted by Crippen LogP contribution is -2.26. The van der Waals surface area contributed by atoms with Crippen molar-refractivity contribution in [3.8, 4) is 0 Å². The van der Waals surface area contributed by atoms with Crippen molar-refractivity contribution in [2.24, 2.45) is 13.0 Å². The molecule has 80 valence electrons. The molecule has 1 aromatic heterocycles. The summed E-state index contributed by atoms with van der Waals surface area (Å²) >= 11 is 3.46. The van der Waals surface area contributed by atoms with Gasteiger partial charge in [0.2, 0.25) is 0 Å². The Morgan fingerprint density at radius 1 is 1.64 bits per heavy atom. The molecule has 1 heterocycles. The largest absolute Gasteiger partial charge is 0.345 e. The van der Waals surface area contributed by atoms with Gasteiger partial charge in [0.25, 0.3) is 0 Å². The van der Waals surface area contributed by atoms with Crippen LogP contribution in [0.4, 0.5) is 0 Å². The minimum Gasteiger partial charge on any atom is -0.285 e. The summed E-state index contributed by atoms with van der Waals surface area (Å²) in [5, 5.41) is 4.95. The van der Waals surface area contributed by atoms with Crippen LogP contribution in [0, 0.1) is 5.92 Å². The molecule has 0 saturated heterocycles. The van der Waals surface area contributed by atoms with E-state index in [0.29, 0.717) is 12.5 Å². The van der Waals surface area contributed by atoms with Crippen LogP contribution >= 0.6 is 15.9 Å². The number of rotatable bonds is 5. The highest BCUT2D eigenvalue weighted by molar-refractivity contribution is 9.09. The molecule has 4 nitrogen and oxygen atoms in total. The first-order valence-corrected chi connectivity index (χ1v) is 5.95. The van der Waals surface area contributed by atoms with Crippen molar-refractivity contribution in [1.82, 2.24) is 14.3 Å². The second kappa shape index (κ2) is 5.34. The molecule has 0 saturated carbocycles. The van der Waals surface area contributed by atoms with Gasteiger partial charge in [0.1, 0.15) is 6.33 Å². The number of hydrogen-bond acceptors (Lipinski definition) is 2. The van der Waals surface area contributed by atoms with Crippen molar-refractivity contribution in [3.05, 3.63) is 16.8 Å². The third kappa shape index (κ3) is 2.70. The van der Waals surface area contributed by atoms with E-state index in [1.54, 1.807) is 13.4 Å². The predicted octanol–water partition coefficient (Wildman–Crippen LogP) is 1.39. The minimum atomic E-state index is -0.0351. The standard InChI is InChI=1S/C9H16BrN3O/c1-3-4-8(5-10)6-13-9(14)12(2)7-11-13/h7-8H,3-6H2,1-2H3. The molecule has 5 heteroatoms. The monoisotopic (exact) mass is 261 g/mol. The van der Waals surface area contributed by atoms with Crippen LogP contribution in [0.25, 0.3) is 0 Å². The van der Waals surface area contributed by atoms with Gasteiger partial charge in [-0.2, -0.15) is 5.10 Å². The molecule has 0 aliphatic carbocycles. The Bertz CT molecular complexity index is 331. The Morgan fingerprint density at radius 2 is 2.36 bits per heavy atom.